The molecule has 0 aromatic heterocycles. The average Bonchev–Trinajstić information content (AvgIpc) is 2.26. The van der Waals surface area contributed by atoms with Crippen molar-refractivity contribution < 1.29 is 19.4 Å². The zero-order valence-electron chi connectivity index (χ0n) is 10.7. The molecule has 0 fully saturated rings. The Labute approximate surface area is 102 Å². The normalized spacial score (nSPS) is 11.0. The van der Waals surface area contributed by atoms with Crippen molar-refractivity contribution in [1.29, 1.82) is 0 Å². The quantitative estimate of drug-likeness (QED) is 0.553. The summed E-state index contributed by atoms with van der Waals surface area (Å²) in [5, 5.41) is 14.0. The van der Waals surface area contributed by atoms with Gasteiger partial charge in [0.25, 0.3) is 0 Å². The number of urea groups is 1. The van der Waals surface area contributed by atoms with Gasteiger partial charge in [-0.3, -0.25) is 4.79 Å². The fraction of sp³-hybridized carbons (Fsp3) is 0.818. The molecule has 0 aromatic rings. The molecule has 3 N–H and O–H groups in total. The number of hydrogen-bond acceptors (Lipinski definition) is 3. The Balaban J connectivity index is 3.63. The summed E-state index contributed by atoms with van der Waals surface area (Å²) in [6.45, 7) is 4.46. The summed E-state index contributed by atoms with van der Waals surface area (Å²) in [6.07, 6.45) is 1.72. The van der Waals surface area contributed by atoms with Crippen LogP contribution in [-0.4, -0.2) is 43.9 Å². The van der Waals surface area contributed by atoms with Crippen molar-refractivity contribution in [3.8, 4) is 0 Å². The number of methoxy groups -OCH3 is 1. The van der Waals surface area contributed by atoms with E-state index >= 15 is 0 Å². The topological polar surface area (TPSA) is 87.7 Å². The van der Waals surface area contributed by atoms with Gasteiger partial charge in [0, 0.05) is 26.8 Å². The molecule has 0 bridgehead atoms. The molecule has 0 unspecified atom stereocenters. The first-order chi connectivity index (χ1) is 7.90. The van der Waals surface area contributed by atoms with Gasteiger partial charge in [-0.25, -0.2) is 4.79 Å². The highest BCUT2D eigenvalue weighted by atomic mass is 16.5. The standard InChI is InChI=1S/C11H22N2O4/c1-11(2,9(14)15)8-13-10(16)12-6-4-5-7-17-3/h4-8H2,1-3H3,(H,14,15)(H2,12,13,16). The number of carboxylic acid groups (broad SMARTS) is 1. The largest absolute Gasteiger partial charge is 0.481 e. The van der Waals surface area contributed by atoms with Crippen molar-refractivity contribution in [2.24, 2.45) is 5.41 Å². The van der Waals surface area contributed by atoms with Crippen LogP contribution in [0.15, 0.2) is 0 Å². The SMILES string of the molecule is COCCCCNC(=O)NCC(C)(C)C(=O)O. The third-order valence-corrected chi connectivity index (χ3v) is 2.33. The van der Waals surface area contributed by atoms with E-state index in [9.17, 15) is 9.59 Å². The smallest absolute Gasteiger partial charge is 0.314 e. The van der Waals surface area contributed by atoms with Gasteiger partial charge in [0.15, 0.2) is 0 Å². The molecule has 17 heavy (non-hydrogen) atoms. The molecule has 6 heteroatoms. The molecule has 0 aromatic carbocycles. The molecule has 0 saturated carbocycles. The second kappa shape index (κ2) is 7.89. The van der Waals surface area contributed by atoms with E-state index in [1.165, 1.54) is 0 Å². The Bertz CT molecular complexity index is 254. The maximum Gasteiger partial charge on any atom is 0.314 e. The van der Waals surface area contributed by atoms with Crippen LogP contribution in [0, 0.1) is 5.41 Å². The zero-order valence-corrected chi connectivity index (χ0v) is 10.7. The lowest BCUT2D eigenvalue weighted by Gasteiger charge is -2.19. The Morgan fingerprint density at radius 1 is 1.24 bits per heavy atom. The Morgan fingerprint density at radius 3 is 2.41 bits per heavy atom. The first-order valence-corrected chi connectivity index (χ1v) is 5.64. The zero-order chi connectivity index (χ0) is 13.3. The van der Waals surface area contributed by atoms with Gasteiger partial charge in [-0.05, 0) is 26.7 Å². The van der Waals surface area contributed by atoms with Gasteiger partial charge >= 0.3 is 12.0 Å². The molecule has 0 radical (unpaired) electrons. The third kappa shape index (κ3) is 7.57. The highest BCUT2D eigenvalue weighted by Gasteiger charge is 2.27. The highest BCUT2D eigenvalue weighted by Crippen LogP contribution is 2.12. The van der Waals surface area contributed by atoms with E-state index in [4.69, 9.17) is 9.84 Å². The molecule has 0 spiro atoms. The number of carbonyl (C=O) groups excluding carboxylic acids is 1. The molecule has 6 nitrogen and oxygen atoms in total. The maximum atomic E-state index is 11.3. The van der Waals surface area contributed by atoms with Crippen molar-refractivity contribution in [3.63, 3.8) is 0 Å². The van der Waals surface area contributed by atoms with E-state index in [1.54, 1.807) is 21.0 Å². The minimum Gasteiger partial charge on any atom is -0.481 e. The summed E-state index contributed by atoms with van der Waals surface area (Å²) in [4.78, 5) is 22.1. The first kappa shape index (κ1) is 15.7. The van der Waals surface area contributed by atoms with Gasteiger partial charge in [0.2, 0.25) is 0 Å². The molecule has 0 saturated heterocycles. The fourth-order valence-corrected chi connectivity index (χ4v) is 1.01. The summed E-state index contributed by atoms with van der Waals surface area (Å²) < 4.78 is 4.87. The van der Waals surface area contributed by atoms with Crippen molar-refractivity contribution in [2.75, 3.05) is 26.8 Å². The highest BCUT2D eigenvalue weighted by molar-refractivity contribution is 5.77. The number of carboxylic acids is 1. The molecule has 2 amide bonds. The van der Waals surface area contributed by atoms with Crippen LogP contribution in [0.1, 0.15) is 26.7 Å². The van der Waals surface area contributed by atoms with Crippen LogP contribution >= 0.6 is 0 Å². The minimum atomic E-state index is -0.951. The van der Waals surface area contributed by atoms with Crippen molar-refractivity contribution in [3.05, 3.63) is 0 Å². The lowest BCUT2D eigenvalue weighted by Crippen LogP contribution is -2.43. The number of carbonyl (C=O) groups is 2. The van der Waals surface area contributed by atoms with Crippen molar-refractivity contribution in [1.82, 2.24) is 10.6 Å². The fourth-order valence-electron chi connectivity index (χ4n) is 1.01. The molecule has 0 heterocycles. The summed E-state index contributed by atoms with van der Waals surface area (Å²) in [7, 11) is 1.63. The number of amides is 2. The van der Waals surface area contributed by atoms with Gasteiger partial charge in [0.1, 0.15) is 0 Å². The van der Waals surface area contributed by atoms with Crippen LogP contribution in [0.3, 0.4) is 0 Å². The molecule has 0 aliphatic carbocycles. The monoisotopic (exact) mass is 246 g/mol. The average molecular weight is 246 g/mol. The second-order valence-electron chi connectivity index (χ2n) is 4.50. The van der Waals surface area contributed by atoms with Crippen LogP contribution in [0.2, 0.25) is 0 Å². The summed E-state index contributed by atoms with van der Waals surface area (Å²) >= 11 is 0. The van der Waals surface area contributed by atoms with E-state index in [-0.39, 0.29) is 12.6 Å². The summed E-state index contributed by atoms with van der Waals surface area (Å²) in [6, 6.07) is -0.336. The number of unbranched alkanes of at least 4 members (excludes halogenated alkanes) is 1. The predicted molar refractivity (Wildman–Crippen MR) is 63.9 cm³/mol. The Hall–Kier alpha value is -1.30. The minimum absolute atomic E-state index is 0.103. The van der Waals surface area contributed by atoms with Gasteiger partial charge in [0.05, 0.1) is 5.41 Å². The van der Waals surface area contributed by atoms with E-state index in [0.717, 1.165) is 12.8 Å². The Morgan fingerprint density at radius 2 is 1.88 bits per heavy atom. The first-order valence-electron chi connectivity index (χ1n) is 5.64. The van der Waals surface area contributed by atoms with E-state index in [1.807, 2.05) is 0 Å². The molecular weight excluding hydrogens is 224 g/mol. The number of aliphatic carboxylic acids is 1. The summed E-state index contributed by atoms with van der Waals surface area (Å²) in [5.74, 6) is -0.933. The third-order valence-electron chi connectivity index (χ3n) is 2.33. The second-order valence-corrected chi connectivity index (χ2v) is 4.50. The van der Waals surface area contributed by atoms with E-state index in [2.05, 4.69) is 10.6 Å². The van der Waals surface area contributed by atoms with Gasteiger partial charge in [-0.1, -0.05) is 0 Å². The van der Waals surface area contributed by atoms with Gasteiger partial charge in [-0.2, -0.15) is 0 Å². The molecule has 0 aliphatic rings. The van der Waals surface area contributed by atoms with Gasteiger partial charge < -0.3 is 20.5 Å². The number of rotatable bonds is 8. The molecule has 0 aliphatic heterocycles. The Kier molecular flexibility index (Phi) is 7.29. The maximum absolute atomic E-state index is 11.3. The number of ether oxygens (including phenoxy) is 1. The molecule has 100 valence electrons. The number of hydrogen-bond donors (Lipinski definition) is 3. The number of nitrogens with one attached hydrogen (secondary N) is 2. The lowest BCUT2D eigenvalue weighted by atomic mass is 9.94. The van der Waals surface area contributed by atoms with Crippen LogP contribution in [0.5, 0.6) is 0 Å². The summed E-state index contributed by atoms with van der Waals surface area (Å²) in [5.41, 5.74) is -0.951. The van der Waals surface area contributed by atoms with Crippen molar-refractivity contribution >= 4 is 12.0 Å². The van der Waals surface area contributed by atoms with E-state index < -0.39 is 11.4 Å². The predicted octanol–water partition coefficient (Wildman–Crippen LogP) is 0.823. The lowest BCUT2D eigenvalue weighted by molar-refractivity contribution is -0.146. The molecular formula is C11H22N2O4. The van der Waals surface area contributed by atoms with Crippen LogP contribution in [0.4, 0.5) is 4.79 Å². The van der Waals surface area contributed by atoms with E-state index in [0.29, 0.717) is 13.2 Å². The van der Waals surface area contributed by atoms with Gasteiger partial charge in [-0.15, -0.1) is 0 Å². The van der Waals surface area contributed by atoms with Crippen LogP contribution < -0.4 is 10.6 Å². The molecule has 0 rings (SSSR count). The van der Waals surface area contributed by atoms with Crippen LogP contribution in [-0.2, 0) is 9.53 Å². The molecule has 0 atom stereocenters. The van der Waals surface area contributed by atoms with Crippen molar-refractivity contribution in [2.45, 2.75) is 26.7 Å². The van der Waals surface area contributed by atoms with Crippen LogP contribution in [0.25, 0.3) is 0 Å².